The topological polar surface area (TPSA) is 27.7 Å². The van der Waals surface area contributed by atoms with E-state index in [-0.39, 0.29) is 4.08 Å². The van der Waals surface area contributed by atoms with Crippen LogP contribution in [0.2, 0.25) is 0 Å². The highest BCUT2D eigenvalue weighted by atomic mass is 79.9. The number of allylic oxidation sites excluding steroid dienone is 2. The summed E-state index contributed by atoms with van der Waals surface area (Å²) >= 11 is 7.63. The second-order valence-corrected chi connectivity index (χ2v) is 11.1. The van der Waals surface area contributed by atoms with Gasteiger partial charge in [-0.15, -0.1) is 23.5 Å². The third-order valence-corrected chi connectivity index (χ3v) is 8.66. The monoisotopic (exact) mass is 492 g/mol. The molecule has 1 fully saturated rings. The summed E-state index contributed by atoms with van der Waals surface area (Å²) in [6.07, 6.45) is 9.71. The summed E-state index contributed by atoms with van der Waals surface area (Å²) in [6.45, 7) is 0. The van der Waals surface area contributed by atoms with Crippen LogP contribution >= 0.6 is 39.5 Å². The maximum absolute atomic E-state index is 5.59. The fourth-order valence-corrected chi connectivity index (χ4v) is 8.07. The van der Waals surface area contributed by atoms with Crippen molar-refractivity contribution in [1.82, 2.24) is 0 Å². The third kappa shape index (κ3) is 5.36. The Labute approximate surface area is 190 Å². The molecule has 0 N–H and O–H groups in total. The molecule has 1 heterocycles. The Morgan fingerprint density at radius 3 is 2.28 bits per heavy atom. The number of methoxy groups -OCH3 is 3. The molecule has 29 heavy (non-hydrogen) atoms. The van der Waals surface area contributed by atoms with E-state index in [0.29, 0.717) is 21.4 Å². The lowest BCUT2D eigenvalue weighted by Gasteiger charge is -2.36. The molecule has 0 saturated carbocycles. The molecule has 3 nitrogen and oxygen atoms in total. The summed E-state index contributed by atoms with van der Waals surface area (Å²) in [7, 11) is 4.93. The summed E-state index contributed by atoms with van der Waals surface area (Å²) in [4.78, 5) is 0. The van der Waals surface area contributed by atoms with Gasteiger partial charge in [0.05, 0.1) is 25.5 Å². The Bertz CT molecular complexity index is 845. The summed E-state index contributed by atoms with van der Waals surface area (Å²) in [5.74, 6) is 3.02. The van der Waals surface area contributed by atoms with Gasteiger partial charge in [-0.2, -0.15) is 0 Å². The normalized spacial score (nSPS) is 22.1. The van der Waals surface area contributed by atoms with Crippen LogP contribution in [0.25, 0.3) is 6.08 Å². The lowest BCUT2D eigenvalue weighted by Crippen LogP contribution is -2.23. The number of ether oxygens (including phenoxy) is 3. The second kappa shape index (κ2) is 10.5. The van der Waals surface area contributed by atoms with Crippen molar-refractivity contribution in [3.8, 4) is 17.2 Å². The van der Waals surface area contributed by atoms with Crippen LogP contribution in [0.5, 0.6) is 17.2 Å². The van der Waals surface area contributed by atoms with Crippen molar-refractivity contribution in [2.24, 2.45) is 0 Å². The molecule has 2 unspecified atom stereocenters. The van der Waals surface area contributed by atoms with Gasteiger partial charge in [0, 0.05) is 0 Å². The first-order valence-corrected chi connectivity index (χ1v) is 12.1. The van der Waals surface area contributed by atoms with Gasteiger partial charge in [-0.3, -0.25) is 0 Å². The molecule has 154 valence electrons. The van der Waals surface area contributed by atoms with E-state index in [1.54, 1.807) is 21.3 Å². The minimum Gasteiger partial charge on any atom is -0.493 e. The number of benzene rings is 2. The van der Waals surface area contributed by atoms with Gasteiger partial charge in [-0.1, -0.05) is 70.6 Å². The maximum Gasteiger partial charge on any atom is 0.203 e. The fraction of sp³-hybridized carbons (Fsp3) is 0.304. The van der Waals surface area contributed by atoms with E-state index in [2.05, 4.69) is 64.5 Å². The number of hydrogen-bond acceptors (Lipinski definition) is 5. The quantitative estimate of drug-likeness (QED) is 0.315. The number of halogens is 1. The van der Waals surface area contributed by atoms with Gasteiger partial charge < -0.3 is 14.2 Å². The van der Waals surface area contributed by atoms with Crippen molar-refractivity contribution in [3.05, 3.63) is 71.8 Å². The Morgan fingerprint density at radius 2 is 1.69 bits per heavy atom. The van der Waals surface area contributed by atoms with E-state index in [1.165, 1.54) is 5.56 Å². The third-order valence-electron chi connectivity index (χ3n) is 4.55. The van der Waals surface area contributed by atoms with E-state index < -0.39 is 0 Å². The Morgan fingerprint density at radius 1 is 1.00 bits per heavy atom. The zero-order chi connectivity index (χ0) is 20.7. The molecule has 0 aromatic heterocycles. The molecular formula is C23H25BrO3S2. The van der Waals surface area contributed by atoms with Crippen molar-refractivity contribution in [2.75, 3.05) is 27.1 Å². The molecule has 2 aromatic carbocycles. The zero-order valence-electron chi connectivity index (χ0n) is 16.8. The average Bonchev–Trinajstić information content (AvgIpc) is 2.76. The predicted octanol–water partition coefficient (Wildman–Crippen LogP) is 6.73. The van der Waals surface area contributed by atoms with Gasteiger partial charge in [0.2, 0.25) is 5.75 Å². The largest absolute Gasteiger partial charge is 0.493 e. The first-order valence-electron chi connectivity index (χ1n) is 9.29. The van der Waals surface area contributed by atoms with Crippen LogP contribution in [0.15, 0.2) is 60.7 Å². The Hall–Kier alpha value is -1.50. The molecule has 1 aliphatic rings. The number of hydrogen-bond donors (Lipinski definition) is 0. The van der Waals surface area contributed by atoms with Crippen LogP contribution in [0.1, 0.15) is 17.5 Å². The van der Waals surface area contributed by atoms with Crippen LogP contribution < -0.4 is 14.2 Å². The molecule has 1 aliphatic heterocycles. The van der Waals surface area contributed by atoms with Crippen molar-refractivity contribution in [2.45, 2.75) is 14.7 Å². The highest BCUT2D eigenvalue weighted by molar-refractivity contribution is 9.11. The first kappa shape index (κ1) is 22.2. The van der Waals surface area contributed by atoms with E-state index in [0.717, 1.165) is 17.7 Å². The molecule has 2 atom stereocenters. The second-order valence-electron chi connectivity index (χ2n) is 6.38. The van der Waals surface area contributed by atoms with Crippen molar-refractivity contribution >= 4 is 45.5 Å². The highest BCUT2D eigenvalue weighted by Gasteiger charge is 2.38. The molecule has 6 heteroatoms. The Kier molecular flexibility index (Phi) is 8.04. The molecule has 3 rings (SSSR count). The molecule has 0 radical (unpaired) electrons. The van der Waals surface area contributed by atoms with E-state index >= 15 is 0 Å². The van der Waals surface area contributed by atoms with Gasteiger partial charge in [-0.05, 0) is 35.4 Å². The smallest absolute Gasteiger partial charge is 0.203 e. The van der Waals surface area contributed by atoms with Crippen LogP contribution in [-0.4, -0.2) is 31.2 Å². The Balaban J connectivity index is 1.99. The van der Waals surface area contributed by atoms with Crippen molar-refractivity contribution in [1.29, 1.82) is 0 Å². The van der Waals surface area contributed by atoms with Crippen LogP contribution in [0, 0.1) is 0 Å². The molecule has 0 aliphatic carbocycles. The van der Waals surface area contributed by atoms with Crippen molar-refractivity contribution in [3.63, 3.8) is 0 Å². The van der Waals surface area contributed by atoms with Gasteiger partial charge in [-0.25, -0.2) is 0 Å². The molecular weight excluding hydrogens is 468 g/mol. The number of rotatable bonds is 7. The summed E-state index contributed by atoms with van der Waals surface area (Å²) in [5.41, 5.74) is 2.30. The zero-order valence-corrected chi connectivity index (χ0v) is 20.0. The van der Waals surface area contributed by atoms with Gasteiger partial charge in [0.15, 0.2) is 11.5 Å². The SMILES string of the molecule is COc1cc(C2(C=CC=Cc3ccccc3)SCCC(Br)S2)cc(OC)c1OC. The summed E-state index contributed by atoms with van der Waals surface area (Å²) in [5, 5.41) is 0. The average molecular weight is 493 g/mol. The van der Waals surface area contributed by atoms with E-state index in [4.69, 9.17) is 14.2 Å². The fourth-order valence-electron chi connectivity index (χ4n) is 3.12. The molecule has 1 saturated heterocycles. The van der Waals surface area contributed by atoms with E-state index in [9.17, 15) is 0 Å². The summed E-state index contributed by atoms with van der Waals surface area (Å²) < 4.78 is 16.8. The molecule has 0 spiro atoms. The van der Waals surface area contributed by atoms with Gasteiger partial charge in [0.1, 0.15) is 4.08 Å². The van der Waals surface area contributed by atoms with Gasteiger partial charge >= 0.3 is 0 Å². The lowest BCUT2D eigenvalue weighted by molar-refractivity contribution is 0.324. The molecule has 0 amide bonds. The minimum absolute atomic E-state index is 0.250. The van der Waals surface area contributed by atoms with Crippen molar-refractivity contribution < 1.29 is 14.2 Å². The molecule has 2 aromatic rings. The standard InChI is InChI=1S/C23H25BrO3S2/c1-25-19-15-18(16-20(26-2)22(19)27-3)23(28-14-12-21(24)29-23)13-8-7-11-17-9-5-4-6-10-17/h4-11,13,15-16,21H,12,14H2,1-3H3. The lowest BCUT2D eigenvalue weighted by atomic mass is 10.1. The maximum atomic E-state index is 5.59. The summed E-state index contributed by atoms with van der Waals surface area (Å²) in [6, 6.07) is 14.4. The number of alkyl halides is 1. The van der Waals surface area contributed by atoms with Crippen LogP contribution in [0.3, 0.4) is 0 Å². The highest BCUT2D eigenvalue weighted by Crippen LogP contribution is 2.57. The minimum atomic E-state index is -0.250. The predicted molar refractivity (Wildman–Crippen MR) is 130 cm³/mol. The molecule has 0 bridgehead atoms. The number of thioether (sulfide) groups is 2. The van der Waals surface area contributed by atoms with E-state index in [1.807, 2.05) is 41.7 Å². The van der Waals surface area contributed by atoms with Crippen LogP contribution in [-0.2, 0) is 4.08 Å². The van der Waals surface area contributed by atoms with Gasteiger partial charge in [0.25, 0.3) is 0 Å². The van der Waals surface area contributed by atoms with Crippen LogP contribution in [0.4, 0.5) is 0 Å². The first-order chi connectivity index (χ1) is 14.1.